The second-order valence-corrected chi connectivity index (χ2v) is 11.0. The number of rotatable bonds is 12. The van der Waals surface area contributed by atoms with Gasteiger partial charge in [-0.1, -0.05) is 67.4 Å². The normalized spacial score (nSPS) is 18.1. The van der Waals surface area contributed by atoms with Gasteiger partial charge in [0, 0.05) is 12.1 Å². The number of amides is 2. The molecular weight excluding hydrogens is 416 g/mol. The molecule has 4 unspecified atom stereocenters. The van der Waals surface area contributed by atoms with E-state index in [1.807, 2.05) is 47.7 Å². The van der Waals surface area contributed by atoms with Crippen LogP contribution in [0.2, 0.25) is 0 Å². The van der Waals surface area contributed by atoms with Crippen LogP contribution in [0.5, 0.6) is 0 Å². The molecule has 0 aliphatic heterocycles. The zero-order chi connectivity index (χ0) is 25.9. The van der Waals surface area contributed by atoms with E-state index in [1.54, 1.807) is 0 Å². The van der Waals surface area contributed by atoms with Crippen molar-refractivity contribution in [3.8, 4) is 0 Å². The summed E-state index contributed by atoms with van der Waals surface area (Å²) in [4.78, 5) is 36.7. The quantitative estimate of drug-likeness (QED) is 0.301. The molecular formula is C26H50N4O3. The van der Waals surface area contributed by atoms with Crippen molar-refractivity contribution < 1.29 is 14.4 Å². The molecule has 0 aromatic carbocycles. The number of likely N-dealkylation sites (N-methyl/N-ethyl adjacent to an activating group) is 1. The lowest BCUT2D eigenvalue weighted by Crippen LogP contribution is -2.49. The van der Waals surface area contributed by atoms with E-state index in [2.05, 4.69) is 31.0 Å². The van der Waals surface area contributed by atoms with Crippen molar-refractivity contribution >= 4 is 18.1 Å². The van der Waals surface area contributed by atoms with Gasteiger partial charge in [-0.3, -0.25) is 14.5 Å². The van der Waals surface area contributed by atoms with Gasteiger partial charge >= 0.3 is 0 Å². The summed E-state index contributed by atoms with van der Waals surface area (Å²) in [6.45, 7) is 17.2. The molecule has 2 amide bonds. The lowest BCUT2D eigenvalue weighted by molar-refractivity contribution is -0.126. The Morgan fingerprint density at radius 2 is 1.70 bits per heavy atom. The molecule has 1 saturated carbocycles. The molecule has 192 valence electrons. The van der Waals surface area contributed by atoms with E-state index in [4.69, 9.17) is 11.5 Å². The number of carbonyl (C=O) groups is 3. The maximum atomic E-state index is 12.7. The van der Waals surface area contributed by atoms with Crippen molar-refractivity contribution in [2.24, 2.45) is 34.6 Å². The van der Waals surface area contributed by atoms with E-state index in [-0.39, 0.29) is 29.4 Å². The van der Waals surface area contributed by atoms with Crippen LogP contribution in [0, 0.1) is 23.2 Å². The molecule has 1 rings (SSSR count). The van der Waals surface area contributed by atoms with Crippen molar-refractivity contribution in [3.63, 3.8) is 0 Å². The minimum atomic E-state index is -0.428. The van der Waals surface area contributed by atoms with Crippen LogP contribution < -0.4 is 16.8 Å². The van der Waals surface area contributed by atoms with Crippen LogP contribution >= 0.6 is 0 Å². The van der Waals surface area contributed by atoms with Gasteiger partial charge in [0.2, 0.25) is 11.8 Å². The Morgan fingerprint density at radius 3 is 2.03 bits per heavy atom. The Morgan fingerprint density at radius 1 is 1.15 bits per heavy atom. The molecule has 7 heteroatoms. The van der Waals surface area contributed by atoms with Crippen LogP contribution in [0.3, 0.4) is 0 Å². The van der Waals surface area contributed by atoms with E-state index in [0.29, 0.717) is 23.3 Å². The van der Waals surface area contributed by atoms with E-state index in [0.717, 1.165) is 25.7 Å². The van der Waals surface area contributed by atoms with Gasteiger partial charge in [0.25, 0.3) is 0 Å². The second-order valence-electron chi connectivity index (χ2n) is 11.0. The summed E-state index contributed by atoms with van der Waals surface area (Å²) in [5, 5.41) is 3.09. The highest BCUT2D eigenvalue weighted by Gasteiger charge is 2.31. The molecule has 4 atom stereocenters. The molecule has 0 radical (unpaired) electrons. The molecule has 5 N–H and O–H groups in total. The average Bonchev–Trinajstić information content (AvgIpc) is 3.53. The van der Waals surface area contributed by atoms with Crippen LogP contribution in [0.4, 0.5) is 0 Å². The Balaban J connectivity index is 0.00000109. The predicted molar refractivity (Wildman–Crippen MR) is 136 cm³/mol. The number of carbonyl (C=O) groups excluding carboxylic acids is 3. The number of aldehydes is 1. The standard InChI is InChI=1S/C20H37N3O2.C6H13NO/c1-7-8-17(19(21)24)18(11-16-9-10-16)22-20(25)15(5)23(6)12-14(4)13(2)3;1-6(2,3)5(7)4-8/h8,13-16,18H,7,9-12H2,1-6H3,(H2,21,24)(H,22,25);4-5H,7H2,1-3H3/b17-8+;. The van der Waals surface area contributed by atoms with Crippen LogP contribution in [-0.4, -0.2) is 54.7 Å². The largest absolute Gasteiger partial charge is 0.366 e. The van der Waals surface area contributed by atoms with Crippen molar-refractivity contribution in [2.45, 2.75) is 99.2 Å². The summed E-state index contributed by atoms with van der Waals surface area (Å²) in [7, 11) is 1.98. The maximum absolute atomic E-state index is 12.7. The van der Waals surface area contributed by atoms with E-state index >= 15 is 0 Å². The lowest BCUT2D eigenvalue weighted by Gasteiger charge is -2.30. The van der Waals surface area contributed by atoms with Crippen molar-refractivity contribution in [3.05, 3.63) is 11.6 Å². The fourth-order valence-corrected chi connectivity index (χ4v) is 3.10. The minimum absolute atomic E-state index is 0.0349. The monoisotopic (exact) mass is 466 g/mol. The molecule has 0 aromatic rings. The predicted octanol–water partition coefficient (Wildman–Crippen LogP) is 3.26. The summed E-state index contributed by atoms with van der Waals surface area (Å²) < 4.78 is 0. The molecule has 1 aliphatic carbocycles. The number of allylic oxidation sites excluding steroid dienone is 1. The van der Waals surface area contributed by atoms with E-state index in [9.17, 15) is 14.4 Å². The SMILES string of the molecule is CC(C)(C)C(N)C=O.CC/C=C(/C(N)=O)C(CC1CC1)NC(=O)C(C)N(C)CC(C)C(C)C. The number of hydrogen-bond donors (Lipinski definition) is 3. The van der Waals surface area contributed by atoms with Crippen LogP contribution in [0.25, 0.3) is 0 Å². The zero-order valence-electron chi connectivity index (χ0n) is 22.5. The van der Waals surface area contributed by atoms with E-state index in [1.165, 1.54) is 12.8 Å². The van der Waals surface area contributed by atoms with E-state index < -0.39 is 5.91 Å². The Labute approximate surface area is 202 Å². The molecule has 33 heavy (non-hydrogen) atoms. The highest BCUT2D eigenvalue weighted by Crippen LogP contribution is 2.35. The van der Waals surface area contributed by atoms with Gasteiger partial charge in [0.05, 0.1) is 18.1 Å². The van der Waals surface area contributed by atoms with Crippen LogP contribution in [-0.2, 0) is 14.4 Å². The summed E-state index contributed by atoms with van der Waals surface area (Å²) in [5.74, 6) is 1.23. The molecule has 1 fully saturated rings. The summed E-state index contributed by atoms with van der Waals surface area (Å²) >= 11 is 0. The Bertz CT molecular complexity index is 650. The van der Waals surface area contributed by atoms with Crippen molar-refractivity contribution in [2.75, 3.05) is 13.6 Å². The highest BCUT2D eigenvalue weighted by atomic mass is 16.2. The molecule has 0 bridgehead atoms. The fourth-order valence-electron chi connectivity index (χ4n) is 3.10. The third-order valence-electron chi connectivity index (χ3n) is 6.57. The maximum Gasteiger partial charge on any atom is 0.246 e. The van der Waals surface area contributed by atoms with Crippen LogP contribution in [0.15, 0.2) is 11.6 Å². The third-order valence-corrected chi connectivity index (χ3v) is 6.57. The smallest absolute Gasteiger partial charge is 0.246 e. The minimum Gasteiger partial charge on any atom is -0.366 e. The van der Waals surface area contributed by atoms with Crippen molar-refractivity contribution in [1.29, 1.82) is 0 Å². The highest BCUT2D eigenvalue weighted by molar-refractivity contribution is 5.94. The average molecular weight is 467 g/mol. The number of nitrogens with zero attached hydrogens (tertiary/aromatic N) is 1. The van der Waals surface area contributed by atoms with Crippen LogP contribution in [0.1, 0.15) is 81.1 Å². The van der Waals surface area contributed by atoms with Gasteiger partial charge in [-0.2, -0.15) is 0 Å². The molecule has 0 aromatic heterocycles. The lowest BCUT2D eigenvalue weighted by atomic mass is 9.89. The number of nitrogens with two attached hydrogens (primary N) is 2. The summed E-state index contributed by atoms with van der Waals surface area (Å²) in [6, 6.07) is -0.836. The van der Waals surface area contributed by atoms with Gasteiger partial charge in [0.15, 0.2) is 0 Å². The third kappa shape index (κ3) is 12.3. The second kappa shape index (κ2) is 14.5. The first-order valence-corrected chi connectivity index (χ1v) is 12.4. The molecule has 0 saturated heterocycles. The summed E-state index contributed by atoms with van der Waals surface area (Å²) in [5.41, 5.74) is 11.4. The van der Waals surface area contributed by atoms with Crippen molar-refractivity contribution in [1.82, 2.24) is 10.2 Å². The molecule has 0 heterocycles. The number of hydrogen-bond acceptors (Lipinski definition) is 5. The Hall–Kier alpha value is -1.73. The van der Waals surface area contributed by atoms with Gasteiger partial charge < -0.3 is 21.6 Å². The number of primary amides is 1. The summed E-state index contributed by atoms with van der Waals surface area (Å²) in [6.07, 6.45) is 6.51. The van der Waals surface area contributed by atoms with Gasteiger partial charge in [-0.25, -0.2) is 0 Å². The van der Waals surface area contributed by atoms with Gasteiger partial charge in [-0.15, -0.1) is 0 Å². The van der Waals surface area contributed by atoms with Gasteiger partial charge in [-0.05, 0) is 50.0 Å². The Kier molecular flexibility index (Phi) is 13.8. The zero-order valence-corrected chi connectivity index (χ0v) is 22.5. The first-order valence-electron chi connectivity index (χ1n) is 12.4. The van der Waals surface area contributed by atoms with Gasteiger partial charge in [0.1, 0.15) is 6.29 Å². The number of nitrogens with one attached hydrogen (secondary N) is 1. The first kappa shape index (κ1) is 31.3. The molecule has 7 nitrogen and oxygen atoms in total. The first-order chi connectivity index (χ1) is 15.1. The molecule has 1 aliphatic rings. The molecule has 0 spiro atoms. The topological polar surface area (TPSA) is 119 Å². The fraction of sp³-hybridized carbons (Fsp3) is 0.808.